The summed E-state index contributed by atoms with van der Waals surface area (Å²) in [5.41, 5.74) is 0. The molecule has 0 aliphatic rings. The minimum Gasteiger partial charge on any atom is -0.508 e. The first-order chi connectivity index (χ1) is 5.36. The summed E-state index contributed by atoms with van der Waals surface area (Å²) in [6.07, 6.45) is 4.46. The van der Waals surface area contributed by atoms with Gasteiger partial charge in [0.25, 0.3) is 0 Å². The van der Waals surface area contributed by atoms with Crippen molar-refractivity contribution in [1.29, 1.82) is 0 Å². The van der Waals surface area contributed by atoms with E-state index < -0.39 is 0 Å². The molecule has 1 aromatic carbocycles. The van der Waals surface area contributed by atoms with E-state index in [2.05, 4.69) is 11.2 Å². The summed E-state index contributed by atoms with van der Waals surface area (Å²) in [7, 11) is 0. The Balaban J connectivity index is 2.83. The summed E-state index contributed by atoms with van der Waals surface area (Å²) < 4.78 is 0. The fraction of sp³-hybridized carbons (Fsp3) is 0. The molecule has 0 atom stereocenters. The van der Waals surface area contributed by atoms with Crippen LogP contribution < -0.4 is 0 Å². The molecule has 0 bridgehead atoms. The second-order valence-corrected chi connectivity index (χ2v) is 2.33. The number of aromatic nitrogens is 1. The van der Waals surface area contributed by atoms with Gasteiger partial charge in [-0.3, -0.25) is 4.98 Å². The van der Waals surface area contributed by atoms with Crippen LogP contribution in [-0.2, 0) is 0 Å². The van der Waals surface area contributed by atoms with E-state index in [-0.39, 0.29) is 5.75 Å². The zero-order chi connectivity index (χ0) is 7.68. The van der Waals surface area contributed by atoms with Crippen molar-refractivity contribution in [3.8, 4) is 5.75 Å². The van der Waals surface area contributed by atoms with Gasteiger partial charge in [0.15, 0.2) is 0 Å². The van der Waals surface area contributed by atoms with Gasteiger partial charge < -0.3 is 5.11 Å². The average molecular weight is 144 g/mol. The molecule has 0 unspecified atom stereocenters. The number of hydrogen-bond donors (Lipinski definition) is 1. The van der Waals surface area contributed by atoms with E-state index in [4.69, 9.17) is 5.11 Å². The Kier molecular flexibility index (Phi) is 1.25. The Hall–Kier alpha value is -1.57. The highest BCUT2D eigenvalue weighted by Gasteiger charge is 1.92. The first-order valence-corrected chi connectivity index (χ1v) is 3.32. The summed E-state index contributed by atoms with van der Waals surface area (Å²) >= 11 is 0. The molecule has 0 spiro atoms. The molecule has 0 fully saturated rings. The van der Waals surface area contributed by atoms with Crippen LogP contribution in [0.15, 0.2) is 30.5 Å². The van der Waals surface area contributed by atoms with Gasteiger partial charge in [-0.2, -0.15) is 0 Å². The van der Waals surface area contributed by atoms with Crippen LogP contribution in [0.3, 0.4) is 0 Å². The molecule has 0 aliphatic heterocycles. The van der Waals surface area contributed by atoms with Crippen LogP contribution in [0, 0.1) is 6.20 Å². The lowest BCUT2D eigenvalue weighted by atomic mass is 10.2. The van der Waals surface area contributed by atoms with Crippen molar-refractivity contribution in [3.05, 3.63) is 36.7 Å². The molecular weight excluding hydrogens is 138 g/mol. The zero-order valence-electron chi connectivity index (χ0n) is 5.78. The normalized spacial score (nSPS) is 10.2. The highest BCUT2D eigenvalue weighted by Crippen LogP contribution is 2.17. The Morgan fingerprint density at radius 3 is 3.09 bits per heavy atom. The fourth-order valence-electron chi connectivity index (χ4n) is 1.01. The monoisotopic (exact) mass is 144 g/mol. The van der Waals surface area contributed by atoms with E-state index >= 15 is 0 Å². The van der Waals surface area contributed by atoms with Gasteiger partial charge in [0, 0.05) is 11.6 Å². The molecule has 1 N–H and O–H groups in total. The summed E-state index contributed by atoms with van der Waals surface area (Å²) in [5, 5.41) is 11.0. The maximum atomic E-state index is 9.08. The van der Waals surface area contributed by atoms with E-state index in [9.17, 15) is 0 Å². The van der Waals surface area contributed by atoms with Gasteiger partial charge in [-0.25, -0.2) is 0 Å². The molecule has 1 heterocycles. The molecule has 1 radical (unpaired) electrons. The standard InChI is InChI=1S/C9H6NO/c11-9-2-1-7-3-4-10-6-8(7)5-9/h1-5,11H. The van der Waals surface area contributed by atoms with E-state index in [0.717, 1.165) is 10.8 Å². The Labute approximate surface area is 64.1 Å². The number of fused-ring (bicyclic) bond motifs is 1. The third-order valence-corrected chi connectivity index (χ3v) is 1.55. The first-order valence-electron chi connectivity index (χ1n) is 3.32. The fourth-order valence-corrected chi connectivity index (χ4v) is 1.01. The molecule has 0 saturated heterocycles. The molecule has 11 heavy (non-hydrogen) atoms. The number of phenols is 1. The maximum absolute atomic E-state index is 9.08. The zero-order valence-corrected chi connectivity index (χ0v) is 5.78. The number of pyridine rings is 1. The van der Waals surface area contributed by atoms with Gasteiger partial charge in [0.2, 0.25) is 0 Å². The second-order valence-electron chi connectivity index (χ2n) is 2.33. The van der Waals surface area contributed by atoms with Crippen LogP contribution in [0.4, 0.5) is 0 Å². The maximum Gasteiger partial charge on any atom is 0.116 e. The summed E-state index contributed by atoms with van der Waals surface area (Å²) in [5.74, 6) is 0.252. The van der Waals surface area contributed by atoms with Gasteiger partial charge >= 0.3 is 0 Å². The number of aromatic hydroxyl groups is 1. The molecule has 53 valence electrons. The number of hydrogen-bond acceptors (Lipinski definition) is 2. The van der Waals surface area contributed by atoms with Gasteiger partial charge in [-0.15, -0.1) is 0 Å². The lowest BCUT2D eigenvalue weighted by Crippen LogP contribution is -1.74. The molecule has 2 heteroatoms. The molecule has 2 aromatic rings. The molecule has 2 rings (SSSR count). The summed E-state index contributed by atoms with van der Waals surface area (Å²) in [4.78, 5) is 3.82. The Morgan fingerprint density at radius 1 is 1.27 bits per heavy atom. The van der Waals surface area contributed by atoms with Gasteiger partial charge in [-0.05, 0) is 23.6 Å². The number of rotatable bonds is 0. The molecule has 0 aliphatic carbocycles. The number of benzene rings is 1. The minimum absolute atomic E-state index is 0.252. The third-order valence-electron chi connectivity index (χ3n) is 1.55. The highest BCUT2D eigenvalue weighted by atomic mass is 16.3. The first kappa shape index (κ1) is 6.16. The van der Waals surface area contributed by atoms with Crippen molar-refractivity contribution in [2.45, 2.75) is 0 Å². The quantitative estimate of drug-likeness (QED) is 0.611. The topological polar surface area (TPSA) is 33.1 Å². The lowest BCUT2D eigenvalue weighted by molar-refractivity contribution is 0.476. The predicted molar refractivity (Wildman–Crippen MR) is 42.2 cm³/mol. The largest absolute Gasteiger partial charge is 0.508 e. The highest BCUT2D eigenvalue weighted by molar-refractivity contribution is 5.82. The van der Waals surface area contributed by atoms with Gasteiger partial charge in [-0.1, -0.05) is 6.07 Å². The van der Waals surface area contributed by atoms with Crippen LogP contribution in [0.25, 0.3) is 10.8 Å². The second kappa shape index (κ2) is 2.23. The molecule has 1 aromatic heterocycles. The van der Waals surface area contributed by atoms with E-state index in [0.29, 0.717) is 0 Å². The van der Waals surface area contributed by atoms with Gasteiger partial charge in [0.1, 0.15) is 5.75 Å². The molecule has 0 saturated carbocycles. The third kappa shape index (κ3) is 1.03. The van der Waals surface area contributed by atoms with Crippen LogP contribution in [-0.4, -0.2) is 10.1 Å². The summed E-state index contributed by atoms with van der Waals surface area (Å²) in [6.45, 7) is 0. The molecular formula is C9H6NO. The van der Waals surface area contributed by atoms with E-state index in [1.165, 1.54) is 0 Å². The van der Waals surface area contributed by atoms with E-state index in [1.54, 1.807) is 18.3 Å². The average Bonchev–Trinajstić information content (AvgIpc) is 2.04. The van der Waals surface area contributed by atoms with Gasteiger partial charge in [0.05, 0.1) is 6.20 Å². The minimum atomic E-state index is 0.252. The van der Waals surface area contributed by atoms with Crippen molar-refractivity contribution < 1.29 is 5.11 Å². The number of phenolic OH excluding ortho intramolecular Hbond substituents is 1. The van der Waals surface area contributed by atoms with Crippen molar-refractivity contribution >= 4 is 10.8 Å². The molecule has 0 amide bonds. The van der Waals surface area contributed by atoms with Crippen molar-refractivity contribution in [2.75, 3.05) is 0 Å². The van der Waals surface area contributed by atoms with Crippen LogP contribution in [0.2, 0.25) is 0 Å². The summed E-state index contributed by atoms with van der Waals surface area (Å²) in [6, 6.07) is 7.01. The molecule has 2 nitrogen and oxygen atoms in total. The number of nitrogens with zero attached hydrogens (tertiary/aromatic N) is 1. The van der Waals surface area contributed by atoms with Crippen LogP contribution in [0.5, 0.6) is 5.75 Å². The Morgan fingerprint density at radius 2 is 2.18 bits per heavy atom. The van der Waals surface area contributed by atoms with Crippen molar-refractivity contribution in [1.82, 2.24) is 4.98 Å². The van der Waals surface area contributed by atoms with Crippen LogP contribution >= 0.6 is 0 Å². The smallest absolute Gasteiger partial charge is 0.116 e. The van der Waals surface area contributed by atoms with E-state index in [1.807, 2.05) is 12.1 Å². The van der Waals surface area contributed by atoms with Crippen LogP contribution in [0.1, 0.15) is 0 Å². The lowest BCUT2D eigenvalue weighted by Gasteiger charge is -1.94. The van der Waals surface area contributed by atoms with Crippen molar-refractivity contribution in [2.24, 2.45) is 0 Å². The van der Waals surface area contributed by atoms with Crippen molar-refractivity contribution in [3.63, 3.8) is 0 Å². The Bertz CT molecular complexity index is 384. The predicted octanol–water partition coefficient (Wildman–Crippen LogP) is 1.74. The SMILES string of the molecule is Oc1ccc2ccn[c]c2c1.